The highest BCUT2D eigenvalue weighted by molar-refractivity contribution is 5.98. The highest BCUT2D eigenvalue weighted by atomic mass is 16.6. The molecule has 1 atom stereocenters. The molecule has 1 aliphatic carbocycles. The average Bonchev–Trinajstić information content (AvgIpc) is 2.77. The van der Waals surface area contributed by atoms with Crippen LogP contribution in [0.15, 0.2) is 49.6 Å². The number of aromatic nitrogens is 1. The van der Waals surface area contributed by atoms with Crippen molar-refractivity contribution in [2.45, 2.75) is 39.0 Å². The van der Waals surface area contributed by atoms with E-state index in [1.807, 2.05) is 31.2 Å². The van der Waals surface area contributed by atoms with Crippen molar-refractivity contribution in [1.29, 1.82) is 0 Å². The zero-order valence-corrected chi connectivity index (χ0v) is 17.8. The molecule has 1 radical (unpaired) electrons. The summed E-state index contributed by atoms with van der Waals surface area (Å²) in [6, 6.07) is 8.00. The number of aryl methyl sites for hydroxylation is 1. The van der Waals surface area contributed by atoms with Gasteiger partial charge in [0, 0.05) is 23.4 Å². The van der Waals surface area contributed by atoms with Crippen LogP contribution in [0.5, 0.6) is 0 Å². The van der Waals surface area contributed by atoms with Gasteiger partial charge in [0.1, 0.15) is 0 Å². The van der Waals surface area contributed by atoms with E-state index in [0.29, 0.717) is 0 Å². The molecule has 2 N–H and O–H groups in total. The Bertz CT molecular complexity index is 936. The lowest BCUT2D eigenvalue weighted by Gasteiger charge is -2.22. The standard InChI is InChI=1S/C25H30N3O2/c1-5-7-10-18-15-22(20-11-8-9-12-23(20)26-18)21-14-13-19(28-30-4)16-24(21)27-25(29)17(3)6-2/h5-6,10,13-17,28H,1-2,7-9,11-12H2,3-4H3,(H,27,29)/t17-/m1/s1. The third-order valence-corrected chi connectivity index (χ3v) is 5.37. The summed E-state index contributed by atoms with van der Waals surface area (Å²) in [7, 11) is 1.56. The van der Waals surface area contributed by atoms with Crippen molar-refractivity contribution in [2.24, 2.45) is 5.92 Å². The second kappa shape index (κ2) is 10.2. The number of rotatable bonds is 9. The van der Waals surface area contributed by atoms with Crippen LogP contribution in [0, 0.1) is 12.3 Å². The summed E-state index contributed by atoms with van der Waals surface area (Å²) >= 11 is 0. The largest absolute Gasteiger partial charge is 0.325 e. The van der Waals surface area contributed by atoms with Gasteiger partial charge in [-0.25, -0.2) is 0 Å². The minimum absolute atomic E-state index is 0.0952. The molecular weight excluding hydrogens is 374 g/mol. The summed E-state index contributed by atoms with van der Waals surface area (Å²) in [5.41, 5.74) is 9.84. The number of carbonyl (C=O) groups excluding carboxylic acids is 1. The number of hydrogen-bond donors (Lipinski definition) is 2. The number of carbonyl (C=O) groups is 1. The van der Waals surface area contributed by atoms with Crippen LogP contribution in [-0.4, -0.2) is 18.0 Å². The van der Waals surface area contributed by atoms with Gasteiger partial charge >= 0.3 is 0 Å². The SMILES string of the molecule is C=CC[CH]c1cc(-c2ccc(NOC)cc2NC(=O)[C@H](C)C=C)c2c(n1)CCCC2. The summed E-state index contributed by atoms with van der Waals surface area (Å²) < 4.78 is 0. The number of benzene rings is 1. The van der Waals surface area contributed by atoms with Crippen molar-refractivity contribution in [1.82, 2.24) is 4.98 Å². The number of hydrogen-bond acceptors (Lipinski definition) is 4. The first-order chi connectivity index (χ1) is 14.6. The topological polar surface area (TPSA) is 63.2 Å². The van der Waals surface area contributed by atoms with Crippen molar-refractivity contribution in [2.75, 3.05) is 17.9 Å². The van der Waals surface area contributed by atoms with Crippen LogP contribution >= 0.6 is 0 Å². The van der Waals surface area contributed by atoms with E-state index >= 15 is 0 Å². The van der Waals surface area contributed by atoms with Gasteiger partial charge in [-0.15, -0.1) is 13.2 Å². The molecule has 3 rings (SSSR count). The first-order valence-corrected chi connectivity index (χ1v) is 10.4. The van der Waals surface area contributed by atoms with Crippen molar-refractivity contribution >= 4 is 17.3 Å². The van der Waals surface area contributed by atoms with Crippen molar-refractivity contribution in [3.8, 4) is 11.1 Å². The molecule has 0 spiro atoms. The molecule has 0 saturated carbocycles. The lowest BCUT2D eigenvalue weighted by Crippen LogP contribution is -2.19. The van der Waals surface area contributed by atoms with Crippen molar-refractivity contribution in [3.63, 3.8) is 0 Å². The number of nitrogens with one attached hydrogen (secondary N) is 2. The van der Waals surface area contributed by atoms with E-state index in [2.05, 4.69) is 36.4 Å². The predicted octanol–water partition coefficient (Wildman–Crippen LogP) is 5.49. The Hall–Kier alpha value is -2.92. The fourth-order valence-corrected chi connectivity index (χ4v) is 3.69. The maximum absolute atomic E-state index is 12.6. The number of nitrogens with zero attached hydrogens (tertiary/aromatic N) is 1. The van der Waals surface area contributed by atoms with Crippen LogP contribution in [0.1, 0.15) is 43.1 Å². The Morgan fingerprint density at radius 1 is 1.23 bits per heavy atom. The molecule has 5 nitrogen and oxygen atoms in total. The van der Waals surface area contributed by atoms with Gasteiger partial charge in [0.25, 0.3) is 0 Å². The second-order valence-corrected chi connectivity index (χ2v) is 7.54. The van der Waals surface area contributed by atoms with Gasteiger partial charge in [-0.2, -0.15) is 0 Å². The van der Waals surface area contributed by atoms with Gasteiger partial charge in [0.05, 0.1) is 24.4 Å². The molecule has 1 aliphatic rings. The van der Waals surface area contributed by atoms with E-state index in [4.69, 9.17) is 9.82 Å². The lowest BCUT2D eigenvalue weighted by atomic mass is 9.87. The average molecular weight is 405 g/mol. The predicted molar refractivity (Wildman–Crippen MR) is 123 cm³/mol. The van der Waals surface area contributed by atoms with Gasteiger partial charge in [-0.1, -0.05) is 25.1 Å². The molecule has 1 heterocycles. The van der Waals surface area contributed by atoms with Crippen LogP contribution in [0.25, 0.3) is 11.1 Å². The molecule has 157 valence electrons. The smallest absolute Gasteiger partial charge is 0.231 e. The van der Waals surface area contributed by atoms with Gasteiger partial charge in [0.2, 0.25) is 5.91 Å². The number of amides is 1. The molecule has 1 amide bonds. The molecule has 1 aromatic carbocycles. The van der Waals surface area contributed by atoms with E-state index in [9.17, 15) is 4.79 Å². The van der Waals surface area contributed by atoms with Crippen LogP contribution < -0.4 is 10.8 Å². The Morgan fingerprint density at radius 2 is 2.03 bits per heavy atom. The Kier molecular flexibility index (Phi) is 7.41. The zero-order valence-electron chi connectivity index (χ0n) is 17.8. The first-order valence-electron chi connectivity index (χ1n) is 10.4. The van der Waals surface area contributed by atoms with E-state index < -0.39 is 0 Å². The Labute approximate surface area is 179 Å². The number of anilines is 2. The van der Waals surface area contributed by atoms with E-state index in [0.717, 1.165) is 66.0 Å². The summed E-state index contributed by atoms with van der Waals surface area (Å²) in [5, 5.41) is 3.08. The quantitative estimate of drug-likeness (QED) is 0.428. The summed E-state index contributed by atoms with van der Waals surface area (Å²) in [6.45, 7) is 9.37. The lowest BCUT2D eigenvalue weighted by molar-refractivity contribution is -0.118. The molecule has 2 aromatic rings. The molecule has 0 saturated heterocycles. The third kappa shape index (κ3) is 4.97. The van der Waals surface area contributed by atoms with Gasteiger partial charge < -0.3 is 5.32 Å². The monoisotopic (exact) mass is 404 g/mol. The van der Waals surface area contributed by atoms with Crippen LogP contribution in [-0.2, 0) is 22.5 Å². The van der Waals surface area contributed by atoms with Crippen LogP contribution in [0.4, 0.5) is 11.4 Å². The zero-order chi connectivity index (χ0) is 21.5. The normalized spacial score (nSPS) is 13.8. The molecular formula is C25H30N3O2. The van der Waals surface area contributed by atoms with Crippen molar-refractivity contribution < 1.29 is 9.63 Å². The maximum Gasteiger partial charge on any atom is 0.231 e. The molecule has 0 unspecified atom stereocenters. The molecule has 0 aliphatic heterocycles. The van der Waals surface area contributed by atoms with Gasteiger partial charge in [-0.3, -0.25) is 20.1 Å². The molecule has 0 bridgehead atoms. The van der Waals surface area contributed by atoms with Crippen LogP contribution in [0.3, 0.4) is 0 Å². The van der Waals surface area contributed by atoms with E-state index in [-0.39, 0.29) is 11.8 Å². The van der Waals surface area contributed by atoms with Crippen LogP contribution in [0.2, 0.25) is 0 Å². The van der Waals surface area contributed by atoms with Gasteiger partial charge in [0.15, 0.2) is 0 Å². The molecule has 1 aromatic heterocycles. The fourth-order valence-electron chi connectivity index (χ4n) is 3.69. The highest BCUT2D eigenvalue weighted by Gasteiger charge is 2.21. The van der Waals surface area contributed by atoms with E-state index in [1.54, 1.807) is 13.2 Å². The highest BCUT2D eigenvalue weighted by Crippen LogP contribution is 2.37. The summed E-state index contributed by atoms with van der Waals surface area (Å²) in [4.78, 5) is 22.6. The number of pyridine rings is 1. The fraction of sp³-hybridized carbons (Fsp3) is 0.320. The Morgan fingerprint density at radius 3 is 2.77 bits per heavy atom. The second-order valence-electron chi connectivity index (χ2n) is 7.54. The summed E-state index contributed by atoms with van der Waals surface area (Å²) in [5.74, 6) is -0.387. The van der Waals surface area contributed by atoms with E-state index in [1.165, 1.54) is 5.56 Å². The van der Waals surface area contributed by atoms with Gasteiger partial charge in [-0.05, 0) is 61.4 Å². The summed E-state index contributed by atoms with van der Waals surface area (Å²) in [6.07, 6.45) is 10.6. The minimum atomic E-state index is -0.292. The van der Waals surface area contributed by atoms with Crippen molar-refractivity contribution in [3.05, 3.63) is 72.9 Å². The molecule has 5 heteroatoms. The number of allylic oxidation sites excluding steroid dienone is 1. The maximum atomic E-state index is 12.6. The molecule has 30 heavy (non-hydrogen) atoms. The molecule has 0 fully saturated rings. The third-order valence-electron chi connectivity index (χ3n) is 5.37. The Balaban J connectivity index is 2.11. The number of fused-ring (bicyclic) bond motifs is 1. The minimum Gasteiger partial charge on any atom is -0.325 e. The first kappa shape index (κ1) is 21.8.